The van der Waals surface area contributed by atoms with Crippen molar-refractivity contribution in [2.75, 3.05) is 0 Å². The molecule has 1 aliphatic heterocycles. The van der Waals surface area contributed by atoms with Crippen molar-refractivity contribution in [3.8, 4) is 15.8 Å². The van der Waals surface area contributed by atoms with Crippen molar-refractivity contribution in [3.05, 3.63) is 129 Å². The van der Waals surface area contributed by atoms with Gasteiger partial charge in [0.2, 0.25) is 0 Å². The van der Waals surface area contributed by atoms with E-state index < -0.39 is 5.97 Å². The van der Waals surface area contributed by atoms with Crippen LogP contribution in [0.2, 0.25) is 0 Å². The molecule has 6 heteroatoms. The minimum atomic E-state index is -1.22. The van der Waals surface area contributed by atoms with Crippen molar-refractivity contribution < 1.29 is 14.6 Å². The van der Waals surface area contributed by atoms with Crippen LogP contribution < -0.4 is 0 Å². The van der Waals surface area contributed by atoms with Crippen LogP contribution in [0, 0.1) is 11.3 Å². The Kier molecular flexibility index (Phi) is 6.76. The van der Waals surface area contributed by atoms with E-state index in [4.69, 9.17) is 15.1 Å². The lowest BCUT2D eigenvalue weighted by Crippen LogP contribution is -1.99. The normalized spacial score (nSPS) is 13.3. The first-order valence-corrected chi connectivity index (χ1v) is 12.7. The van der Waals surface area contributed by atoms with Gasteiger partial charge in [-0.05, 0) is 54.1 Å². The van der Waals surface area contributed by atoms with Gasteiger partial charge in [0, 0.05) is 30.6 Å². The zero-order valence-electron chi connectivity index (χ0n) is 18.9. The van der Waals surface area contributed by atoms with Gasteiger partial charge in [-0.15, -0.1) is 22.7 Å². The second-order valence-electron chi connectivity index (χ2n) is 7.87. The maximum atomic E-state index is 11.1. The molecule has 2 aromatic carbocycles. The monoisotopic (exact) mass is 505 g/mol. The standard InChI is InChI=1S/C30H19NO3S2/c31-19-23(30(32)33)18-25-12-14-29(36-25)28-13-11-24(35-28)15-20-16-26(21-7-3-1-4-8-21)34-27(17-20)22-9-5-2-6-10-22/h1-18H,(H,32,33)/b23-18+. The van der Waals surface area contributed by atoms with Gasteiger partial charge in [0.25, 0.3) is 0 Å². The average Bonchev–Trinajstić information content (AvgIpc) is 3.57. The van der Waals surface area contributed by atoms with E-state index in [0.717, 1.165) is 47.7 Å². The Bertz CT molecular complexity index is 1520. The molecule has 4 nitrogen and oxygen atoms in total. The van der Waals surface area contributed by atoms with Crippen molar-refractivity contribution in [1.29, 1.82) is 5.26 Å². The van der Waals surface area contributed by atoms with Gasteiger partial charge in [0.05, 0.1) is 0 Å². The molecule has 5 rings (SSSR count). The second-order valence-corrected chi connectivity index (χ2v) is 10.1. The van der Waals surface area contributed by atoms with Crippen LogP contribution in [0.15, 0.2) is 108 Å². The molecule has 4 aromatic rings. The number of carboxylic acid groups (broad SMARTS) is 1. The maximum absolute atomic E-state index is 11.1. The van der Waals surface area contributed by atoms with Crippen LogP contribution in [-0.2, 0) is 9.53 Å². The first-order chi connectivity index (χ1) is 17.6. The van der Waals surface area contributed by atoms with Gasteiger partial charge in [-0.25, -0.2) is 4.79 Å². The third-order valence-corrected chi connectivity index (χ3v) is 7.64. The second kappa shape index (κ2) is 10.4. The van der Waals surface area contributed by atoms with Crippen LogP contribution in [-0.4, -0.2) is 11.1 Å². The summed E-state index contributed by atoms with van der Waals surface area (Å²) in [6.07, 6.45) is 7.63. The van der Waals surface area contributed by atoms with Crippen LogP contribution in [0.3, 0.4) is 0 Å². The first-order valence-electron chi connectivity index (χ1n) is 11.1. The predicted molar refractivity (Wildman–Crippen MR) is 147 cm³/mol. The topological polar surface area (TPSA) is 70.3 Å². The van der Waals surface area contributed by atoms with E-state index in [2.05, 4.69) is 18.2 Å². The fraction of sp³-hybridized carbons (Fsp3) is 0. The van der Waals surface area contributed by atoms with E-state index in [1.807, 2.05) is 84.9 Å². The first kappa shape index (κ1) is 23.3. The molecule has 0 radical (unpaired) electrons. The van der Waals surface area contributed by atoms with Crippen molar-refractivity contribution in [2.24, 2.45) is 0 Å². The summed E-state index contributed by atoms with van der Waals surface area (Å²) >= 11 is 3.11. The fourth-order valence-electron chi connectivity index (χ4n) is 3.67. The molecular weight excluding hydrogens is 486 g/mol. The van der Waals surface area contributed by atoms with Crippen molar-refractivity contribution in [3.63, 3.8) is 0 Å². The summed E-state index contributed by atoms with van der Waals surface area (Å²) in [5, 5.41) is 18.1. The predicted octanol–water partition coefficient (Wildman–Crippen LogP) is 7.96. The van der Waals surface area contributed by atoms with E-state index in [-0.39, 0.29) is 5.57 Å². The molecule has 1 aliphatic rings. The number of hydrogen-bond donors (Lipinski definition) is 1. The summed E-state index contributed by atoms with van der Waals surface area (Å²) in [4.78, 5) is 15.0. The van der Waals surface area contributed by atoms with Crippen LogP contribution in [0.5, 0.6) is 0 Å². The Morgan fingerprint density at radius 1 is 0.778 bits per heavy atom. The average molecular weight is 506 g/mol. The third kappa shape index (κ3) is 5.28. The Hall–Kier alpha value is -4.44. The summed E-state index contributed by atoms with van der Waals surface area (Å²) in [6.45, 7) is 0. The number of carboxylic acids is 1. The molecule has 0 saturated heterocycles. The smallest absolute Gasteiger partial charge is 0.346 e. The quantitative estimate of drug-likeness (QED) is 0.213. The van der Waals surface area contributed by atoms with Crippen molar-refractivity contribution in [2.45, 2.75) is 0 Å². The van der Waals surface area contributed by atoms with E-state index in [1.165, 1.54) is 17.4 Å². The highest BCUT2D eigenvalue weighted by molar-refractivity contribution is 7.22. The van der Waals surface area contributed by atoms with Gasteiger partial charge < -0.3 is 9.84 Å². The highest BCUT2D eigenvalue weighted by Crippen LogP contribution is 2.37. The Morgan fingerprint density at radius 3 is 1.83 bits per heavy atom. The Labute approximate surface area is 216 Å². The lowest BCUT2D eigenvalue weighted by atomic mass is 10.0. The highest BCUT2D eigenvalue weighted by atomic mass is 32.1. The molecule has 0 saturated carbocycles. The van der Waals surface area contributed by atoms with Crippen LogP contribution in [0.1, 0.15) is 20.9 Å². The van der Waals surface area contributed by atoms with Crippen LogP contribution in [0.4, 0.5) is 0 Å². The fourth-order valence-corrected chi connectivity index (χ4v) is 5.68. The maximum Gasteiger partial charge on any atom is 0.346 e. The molecule has 0 fully saturated rings. The van der Waals surface area contributed by atoms with Gasteiger partial charge in [-0.1, -0.05) is 60.7 Å². The van der Waals surface area contributed by atoms with E-state index in [1.54, 1.807) is 17.4 Å². The number of nitriles is 1. The molecule has 3 heterocycles. The van der Waals surface area contributed by atoms with Crippen LogP contribution in [0.25, 0.3) is 33.4 Å². The number of benzene rings is 2. The van der Waals surface area contributed by atoms with E-state index in [9.17, 15) is 4.79 Å². The minimum absolute atomic E-state index is 0.276. The third-order valence-electron chi connectivity index (χ3n) is 5.37. The zero-order valence-corrected chi connectivity index (χ0v) is 20.6. The minimum Gasteiger partial charge on any atom is -0.477 e. The summed E-state index contributed by atoms with van der Waals surface area (Å²) in [5.74, 6) is 0.364. The molecular formula is C30H19NO3S2. The molecule has 36 heavy (non-hydrogen) atoms. The number of rotatable bonds is 6. The van der Waals surface area contributed by atoms with Crippen LogP contribution >= 0.6 is 22.7 Å². The number of ether oxygens (including phenoxy) is 1. The van der Waals surface area contributed by atoms with Gasteiger partial charge >= 0.3 is 5.97 Å². The van der Waals surface area contributed by atoms with Crippen molar-refractivity contribution >= 4 is 52.3 Å². The molecule has 0 bridgehead atoms. The lowest BCUT2D eigenvalue weighted by Gasteiger charge is -2.19. The molecule has 0 atom stereocenters. The number of thiophene rings is 2. The van der Waals surface area contributed by atoms with Gasteiger partial charge in [-0.3, -0.25) is 0 Å². The van der Waals surface area contributed by atoms with Crippen molar-refractivity contribution in [1.82, 2.24) is 0 Å². The zero-order chi connectivity index (χ0) is 24.9. The molecule has 174 valence electrons. The number of carbonyl (C=O) groups is 1. The Balaban J connectivity index is 1.47. The molecule has 2 aromatic heterocycles. The van der Waals surface area contributed by atoms with E-state index >= 15 is 0 Å². The summed E-state index contributed by atoms with van der Waals surface area (Å²) < 4.78 is 6.28. The Morgan fingerprint density at radius 2 is 1.31 bits per heavy atom. The lowest BCUT2D eigenvalue weighted by molar-refractivity contribution is -0.132. The van der Waals surface area contributed by atoms with Gasteiger partial charge in [0.1, 0.15) is 23.2 Å². The number of aliphatic carboxylic acids is 1. The number of allylic oxidation sites excluding steroid dienone is 3. The highest BCUT2D eigenvalue weighted by Gasteiger charge is 2.15. The molecule has 0 amide bonds. The molecule has 0 aliphatic carbocycles. The molecule has 1 N–H and O–H groups in total. The van der Waals surface area contributed by atoms with Gasteiger partial charge in [-0.2, -0.15) is 5.26 Å². The SMILES string of the molecule is N#C/C(=C\c1ccc(-c2ccc(C=C3C=C(c4ccccc4)OC(c4ccccc4)=C3)s2)s1)C(=O)O. The van der Waals surface area contributed by atoms with Gasteiger partial charge in [0.15, 0.2) is 0 Å². The number of hydrogen-bond acceptors (Lipinski definition) is 5. The summed E-state index contributed by atoms with van der Waals surface area (Å²) in [6, 6.07) is 29.7. The largest absolute Gasteiger partial charge is 0.477 e. The summed E-state index contributed by atoms with van der Waals surface area (Å²) in [5.41, 5.74) is 2.77. The molecule has 0 unspecified atom stereocenters. The van der Waals surface area contributed by atoms with E-state index in [0.29, 0.717) is 0 Å². The number of nitrogens with zero attached hydrogens (tertiary/aromatic N) is 1. The molecule has 0 spiro atoms. The summed E-state index contributed by atoms with van der Waals surface area (Å²) in [7, 11) is 0.